The summed E-state index contributed by atoms with van der Waals surface area (Å²) in [5.74, 6) is -0.488. The van der Waals surface area contributed by atoms with E-state index in [-0.39, 0.29) is 16.9 Å². The van der Waals surface area contributed by atoms with Crippen molar-refractivity contribution in [3.63, 3.8) is 0 Å². The Hall–Kier alpha value is -4.24. The summed E-state index contributed by atoms with van der Waals surface area (Å²) in [6, 6.07) is 27.8. The third-order valence-electron chi connectivity index (χ3n) is 6.21. The molecule has 0 spiro atoms. The van der Waals surface area contributed by atoms with Gasteiger partial charge in [0.1, 0.15) is 11.4 Å². The van der Waals surface area contributed by atoms with E-state index >= 15 is 0 Å². The molecule has 0 bridgehead atoms. The van der Waals surface area contributed by atoms with Crippen LogP contribution in [0.5, 0.6) is 5.75 Å². The lowest BCUT2D eigenvalue weighted by atomic mass is 10.1. The molecule has 0 aromatic heterocycles. The van der Waals surface area contributed by atoms with Gasteiger partial charge in [0.15, 0.2) is 0 Å². The Labute approximate surface area is 264 Å². The quantitative estimate of drug-likeness (QED) is 0.115. The molecule has 3 amide bonds. The number of hydrogen-bond acceptors (Lipinski definition) is 5. The van der Waals surface area contributed by atoms with Crippen molar-refractivity contribution in [2.75, 3.05) is 17.7 Å². The van der Waals surface area contributed by atoms with Gasteiger partial charge in [-0.25, -0.2) is 0 Å². The van der Waals surface area contributed by atoms with Gasteiger partial charge < -0.3 is 20.7 Å². The second-order valence-electron chi connectivity index (χ2n) is 9.23. The van der Waals surface area contributed by atoms with Crippen LogP contribution in [0.15, 0.2) is 108 Å². The van der Waals surface area contributed by atoms with E-state index in [2.05, 4.69) is 16.0 Å². The van der Waals surface area contributed by atoms with Crippen LogP contribution in [-0.2, 0) is 9.59 Å². The lowest BCUT2D eigenvalue weighted by Crippen LogP contribution is -2.30. The molecule has 4 aromatic carbocycles. The molecule has 1 atom stereocenters. The van der Waals surface area contributed by atoms with Crippen LogP contribution in [0.1, 0.15) is 29.3 Å². The number of ether oxygens (including phenoxy) is 1. The van der Waals surface area contributed by atoms with Crippen LogP contribution in [0.2, 0.25) is 10.0 Å². The summed E-state index contributed by atoms with van der Waals surface area (Å²) in [6.07, 6.45) is 2.02. The fourth-order valence-corrected chi connectivity index (χ4v) is 5.48. The predicted molar refractivity (Wildman–Crippen MR) is 175 cm³/mol. The monoisotopic (exact) mass is 633 g/mol. The third-order valence-corrected chi connectivity index (χ3v) is 8.23. The molecule has 4 aromatic rings. The second kappa shape index (κ2) is 15.3. The number of amides is 3. The standard InChI is InChI=1S/C33H29Cl2N3O4S/c1-3-30(33(41)36-22-15-17-24(42-2)18-16-22)43-25-12-7-11-23(19-25)37-32(40)29(20-26-27(34)13-8-14-28(26)35)38-31(39)21-9-5-4-6-10-21/h4-20,30H,3H2,1-2H3,(H,36,41)(H,37,40)(H,38,39)/b29-20+. The molecular weight excluding hydrogens is 605 g/mol. The third kappa shape index (κ3) is 8.88. The number of thioether (sulfide) groups is 1. The Morgan fingerprint density at radius 1 is 0.837 bits per heavy atom. The van der Waals surface area contributed by atoms with Gasteiger partial charge in [0, 0.05) is 37.4 Å². The maximum absolute atomic E-state index is 13.5. The molecule has 0 radical (unpaired) electrons. The molecule has 220 valence electrons. The molecule has 0 aliphatic heterocycles. The van der Waals surface area contributed by atoms with Gasteiger partial charge in [0.25, 0.3) is 11.8 Å². The summed E-state index contributed by atoms with van der Waals surface area (Å²) in [4.78, 5) is 40.2. The van der Waals surface area contributed by atoms with E-state index in [1.807, 2.05) is 13.0 Å². The normalized spacial score (nSPS) is 11.8. The minimum Gasteiger partial charge on any atom is -0.497 e. The van der Waals surface area contributed by atoms with E-state index in [1.54, 1.807) is 98.1 Å². The van der Waals surface area contributed by atoms with Crippen molar-refractivity contribution in [1.29, 1.82) is 0 Å². The van der Waals surface area contributed by atoms with Gasteiger partial charge in [-0.3, -0.25) is 14.4 Å². The molecule has 1 unspecified atom stereocenters. The Morgan fingerprint density at radius 3 is 2.16 bits per heavy atom. The van der Waals surface area contributed by atoms with E-state index < -0.39 is 11.8 Å². The maximum atomic E-state index is 13.5. The Kier molecular flexibility index (Phi) is 11.3. The largest absolute Gasteiger partial charge is 0.497 e. The highest BCUT2D eigenvalue weighted by molar-refractivity contribution is 8.00. The van der Waals surface area contributed by atoms with Crippen LogP contribution >= 0.6 is 35.0 Å². The molecule has 43 heavy (non-hydrogen) atoms. The summed E-state index contributed by atoms with van der Waals surface area (Å²) in [5.41, 5.74) is 1.87. The number of hydrogen-bond donors (Lipinski definition) is 3. The number of anilines is 2. The van der Waals surface area contributed by atoms with Crippen molar-refractivity contribution in [1.82, 2.24) is 5.32 Å². The van der Waals surface area contributed by atoms with E-state index in [1.165, 1.54) is 17.8 Å². The maximum Gasteiger partial charge on any atom is 0.272 e. The molecule has 0 heterocycles. The number of carbonyl (C=O) groups excluding carboxylic acids is 3. The zero-order valence-electron chi connectivity index (χ0n) is 23.4. The van der Waals surface area contributed by atoms with Crippen LogP contribution in [0.25, 0.3) is 6.08 Å². The van der Waals surface area contributed by atoms with E-state index in [4.69, 9.17) is 27.9 Å². The minimum atomic E-state index is -0.577. The summed E-state index contributed by atoms with van der Waals surface area (Å²) < 4.78 is 5.17. The van der Waals surface area contributed by atoms with E-state index in [0.29, 0.717) is 44.7 Å². The molecule has 0 saturated heterocycles. The first-order chi connectivity index (χ1) is 20.8. The van der Waals surface area contributed by atoms with Crippen LogP contribution in [0, 0.1) is 0 Å². The van der Waals surface area contributed by atoms with Gasteiger partial charge in [-0.2, -0.15) is 0 Å². The molecule has 4 rings (SSSR count). The fourth-order valence-electron chi connectivity index (χ4n) is 3.96. The zero-order valence-corrected chi connectivity index (χ0v) is 25.7. The van der Waals surface area contributed by atoms with Gasteiger partial charge >= 0.3 is 0 Å². The second-order valence-corrected chi connectivity index (χ2v) is 11.3. The number of nitrogens with one attached hydrogen (secondary N) is 3. The lowest BCUT2D eigenvalue weighted by molar-refractivity contribution is -0.116. The SMILES string of the molecule is CCC(Sc1cccc(NC(=O)/C(=C\c2c(Cl)cccc2Cl)NC(=O)c2ccccc2)c1)C(=O)Nc1ccc(OC)cc1. The van der Waals surface area contributed by atoms with Crippen LogP contribution in [-0.4, -0.2) is 30.1 Å². The minimum absolute atomic E-state index is 0.0489. The molecule has 0 fully saturated rings. The Balaban J connectivity index is 1.51. The van der Waals surface area contributed by atoms with Crippen molar-refractivity contribution in [2.24, 2.45) is 0 Å². The smallest absolute Gasteiger partial charge is 0.272 e. The summed E-state index contributed by atoms with van der Waals surface area (Å²) in [7, 11) is 1.58. The van der Waals surface area contributed by atoms with Crippen molar-refractivity contribution in [3.05, 3.63) is 124 Å². The van der Waals surface area contributed by atoms with Gasteiger partial charge in [-0.1, -0.05) is 60.5 Å². The summed E-state index contributed by atoms with van der Waals surface area (Å²) >= 11 is 14.1. The number of methoxy groups -OCH3 is 1. The van der Waals surface area contributed by atoms with Crippen molar-refractivity contribution in [3.8, 4) is 5.75 Å². The first-order valence-corrected chi connectivity index (χ1v) is 15.0. The molecule has 0 saturated carbocycles. The average Bonchev–Trinajstić information content (AvgIpc) is 3.02. The zero-order chi connectivity index (χ0) is 30.8. The highest BCUT2D eigenvalue weighted by Gasteiger charge is 2.20. The molecular formula is C33H29Cl2N3O4S. The average molecular weight is 635 g/mol. The lowest BCUT2D eigenvalue weighted by Gasteiger charge is -2.16. The van der Waals surface area contributed by atoms with Crippen LogP contribution in [0.3, 0.4) is 0 Å². The Bertz CT molecular complexity index is 1610. The summed E-state index contributed by atoms with van der Waals surface area (Å²) in [6.45, 7) is 1.93. The van der Waals surface area contributed by atoms with E-state index in [9.17, 15) is 14.4 Å². The van der Waals surface area contributed by atoms with Gasteiger partial charge in [0.2, 0.25) is 5.91 Å². The number of halogens is 2. The summed E-state index contributed by atoms with van der Waals surface area (Å²) in [5, 5.41) is 8.72. The van der Waals surface area contributed by atoms with Crippen LogP contribution < -0.4 is 20.7 Å². The van der Waals surface area contributed by atoms with Gasteiger partial charge in [0.05, 0.1) is 12.4 Å². The van der Waals surface area contributed by atoms with E-state index in [0.717, 1.165) is 4.90 Å². The number of carbonyl (C=O) groups is 3. The molecule has 3 N–H and O–H groups in total. The first kappa shape index (κ1) is 31.7. The van der Waals surface area contributed by atoms with Gasteiger partial charge in [-0.05, 0) is 79.2 Å². The van der Waals surface area contributed by atoms with Crippen LogP contribution in [0.4, 0.5) is 11.4 Å². The van der Waals surface area contributed by atoms with Crippen molar-refractivity contribution in [2.45, 2.75) is 23.5 Å². The highest BCUT2D eigenvalue weighted by Crippen LogP contribution is 2.30. The topological polar surface area (TPSA) is 96.5 Å². The molecule has 0 aliphatic rings. The Morgan fingerprint density at radius 2 is 1.51 bits per heavy atom. The molecule has 0 aliphatic carbocycles. The fraction of sp³-hybridized carbons (Fsp3) is 0.121. The molecule has 7 nitrogen and oxygen atoms in total. The number of rotatable bonds is 11. The van der Waals surface area contributed by atoms with Crippen molar-refractivity contribution >= 4 is 70.1 Å². The predicted octanol–water partition coefficient (Wildman–Crippen LogP) is 7.92. The first-order valence-electron chi connectivity index (χ1n) is 13.3. The van der Waals surface area contributed by atoms with Gasteiger partial charge in [-0.15, -0.1) is 11.8 Å². The highest BCUT2D eigenvalue weighted by atomic mass is 35.5. The number of benzene rings is 4. The van der Waals surface area contributed by atoms with Crippen molar-refractivity contribution < 1.29 is 19.1 Å². The molecule has 10 heteroatoms.